The van der Waals surface area contributed by atoms with Crippen LogP contribution in [0.5, 0.6) is 5.75 Å². The van der Waals surface area contributed by atoms with Crippen molar-refractivity contribution in [1.29, 1.82) is 0 Å². The third-order valence-electron chi connectivity index (χ3n) is 4.65. The number of aromatic nitrogens is 3. The number of rotatable bonds is 7. The molecule has 11 heteroatoms. The van der Waals surface area contributed by atoms with E-state index in [-0.39, 0.29) is 31.0 Å². The Hall–Kier alpha value is -4.15. The molecule has 0 spiro atoms. The topological polar surface area (TPSA) is 136 Å². The second-order valence-electron chi connectivity index (χ2n) is 7.19. The molecule has 168 valence electrons. The van der Waals surface area contributed by atoms with Crippen molar-refractivity contribution in [2.45, 2.75) is 19.8 Å². The Kier molecular flexibility index (Phi) is 6.88. The monoisotopic (exact) mass is 440 g/mol. The van der Waals surface area contributed by atoms with Gasteiger partial charge in [-0.05, 0) is 36.8 Å². The molecular formula is C21H24N6O5. The van der Waals surface area contributed by atoms with Gasteiger partial charge in [0, 0.05) is 26.9 Å². The van der Waals surface area contributed by atoms with Gasteiger partial charge >= 0.3 is 5.69 Å². The molecule has 3 amide bonds. The first-order valence-electron chi connectivity index (χ1n) is 9.84. The van der Waals surface area contributed by atoms with E-state index in [4.69, 9.17) is 4.74 Å². The summed E-state index contributed by atoms with van der Waals surface area (Å²) >= 11 is 0. The van der Waals surface area contributed by atoms with Crippen molar-refractivity contribution in [3.05, 3.63) is 52.4 Å². The molecule has 0 aliphatic rings. The number of pyridine rings is 1. The van der Waals surface area contributed by atoms with E-state index < -0.39 is 17.7 Å². The van der Waals surface area contributed by atoms with Gasteiger partial charge in [-0.15, -0.1) is 0 Å². The van der Waals surface area contributed by atoms with Gasteiger partial charge in [-0.2, -0.15) is 0 Å². The van der Waals surface area contributed by atoms with Crippen LogP contribution < -0.4 is 26.6 Å². The fraction of sp³-hybridized carbons (Fsp3) is 0.286. The van der Waals surface area contributed by atoms with E-state index in [1.807, 2.05) is 19.1 Å². The standard InChI is InChI=1S/C21H24N6O5/c1-13-5-4-6-14(11-13)32-12-19(30)25-24-18(29)10-9-17(28)22-16-8-7-15-20(23-16)27(3)21(31)26(15)2/h4-8,11H,9-10,12H2,1-3H3,(H,24,29)(H,25,30)(H,22,23,28). The predicted molar refractivity (Wildman–Crippen MR) is 117 cm³/mol. The van der Waals surface area contributed by atoms with Crippen LogP contribution in [0.1, 0.15) is 18.4 Å². The Morgan fingerprint density at radius 2 is 1.69 bits per heavy atom. The van der Waals surface area contributed by atoms with Crippen LogP contribution in [0, 0.1) is 6.92 Å². The lowest BCUT2D eigenvalue weighted by Crippen LogP contribution is -2.44. The van der Waals surface area contributed by atoms with E-state index in [9.17, 15) is 19.2 Å². The quantitative estimate of drug-likeness (QED) is 0.459. The van der Waals surface area contributed by atoms with Crippen molar-refractivity contribution in [3.63, 3.8) is 0 Å². The van der Waals surface area contributed by atoms with Gasteiger partial charge in [0.15, 0.2) is 12.3 Å². The van der Waals surface area contributed by atoms with Crippen molar-refractivity contribution in [3.8, 4) is 5.75 Å². The molecule has 0 aliphatic carbocycles. The Bertz CT molecular complexity index is 1230. The molecule has 3 aromatic rings. The molecule has 3 N–H and O–H groups in total. The van der Waals surface area contributed by atoms with Crippen molar-refractivity contribution >= 4 is 34.7 Å². The van der Waals surface area contributed by atoms with Gasteiger partial charge in [-0.3, -0.25) is 34.4 Å². The molecule has 0 saturated carbocycles. The fourth-order valence-corrected chi connectivity index (χ4v) is 2.96. The molecule has 0 bridgehead atoms. The first-order valence-corrected chi connectivity index (χ1v) is 9.84. The number of amides is 3. The first kappa shape index (κ1) is 22.5. The first-order chi connectivity index (χ1) is 15.2. The zero-order valence-electron chi connectivity index (χ0n) is 18.0. The number of hydrazine groups is 1. The van der Waals surface area contributed by atoms with Gasteiger partial charge in [-0.25, -0.2) is 9.78 Å². The van der Waals surface area contributed by atoms with Crippen LogP contribution in [0.2, 0.25) is 0 Å². The summed E-state index contributed by atoms with van der Waals surface area (Å²) in [6.45, 7) is 1.64. The Morgan fingerprint density at radius 1 is 0.969 bits per heavy atom. The molecule has 11 nitrogen and oxygen atoms in total. The summed E-state index contributed by atoms with van der Waals surface area (Å²) in [4.78, 5) is 52.0. The van der Waals surface area contributed by atoms with Crippen LogP contribution in [-0.4, -0.2) is 38.4 Å². The molecule has 1 aromatic carbocycles. The molecule has 0 atom stereocenters. The zero-order chi connectivity index (χ0) is 23.3. The van der Waals surface area contributed by atoms with E-state index in [1.54, 1.807) is 38.4 Å². The highest BCUT2D eigenvalue weighted by molar-refractivity contribution is 5.93. The third-order valence-corrected chi connectivity index (χ3v) is 4.65. The molecule has 0 aliphatic heterocycles. The average Bonchev–Trinajstić information content (AvgIpc) is 2.98. The summed E-state index contributed by atoms with van der Waals surface area (Å²) in [7, 11) is 3.23. The highest BCUT2D eigenvalue weighted by atomic mass is 16.5. The minimum atomic E-state index is -0.532. The Morgan fingerprint density at radius 3 is 2.44 bits per heavy atom. The summed E-state index contributed by atoms with van der Waals surface area (Å²) in [6, 6.07) is 10.5. The molecule has 0 radical (unpaired) electrons. The average molecular weight is 440 g/mol. The molecule has 2 aromatic heterocycles. The number of imidazole rings is 1. The maximum Gasteiger partial charge on any atom is 0.329 e. The highest BCUT2D eigenvalue weighted by Crippen LogP contribution is 2.13. The molecule has 0 saturated heterocycles. The summed E-state index contributed by atoms with van der Waals surface area (Å²) in [5.74, 6) is -0.675. The molecule has 3 rings (SSSR count). The van der Waals surface area contributed by atoms with Crippen molar-refractivity contribution < 1.29 is 19.1 Å². The maximum absolute atomic E-state index is 12.1. The summed E-state index contributed by atoms with van der Waals surface area (Å²) < 4.78 is 8.17. The van der Waals surface area contributed by atoms with Crippen LogP contribution in [0.25, 0.3) is 11.2 Å². The largest absolute Gasteiger partial charge is 0.484 e. The lowest BCUT2D eigenvalue weighted by Gasteiger charge is -2.09. The number of hydrogen-bond acceptors (Lipinski definition) is 6. The Labute approximate surface area is 183 Å². The molecular weight excluding hydrogens is 416 g/mol. The normalized spacial score (nSPS) is 10.6. The maximum atomic E-state index is 12.1. The van der Waals surface area contributed by atoms with E-state index in [1.165, 1.54) is 9.13 Å². The predicted octanol–water partition coefficient (Wildman–Crippen LogP) is 0.526. The number of anilines is 1. The number of nitrogens with zero attached hydrogens (tertiary/aromatic N) is 3. The number of carbonyl (C=O) groups is 3. The SMILES string of the molecule is Cc1cccc(OCC(=O)NNC(=O)CCC(=O)Nc2ccc3c(n2)n(C)c(=O)n3C)c1. The number of fused-ring (bicyclic) bond motifs is 1. The van der Waals surface area contributed by atoms with Gasteiger partial charge in [0.05, 0.1) is 5.52 Å². The number of aryl methyl sites for hydroxylation is 3. The van der Waals surface area contributed by atoms with E-state index in [0.717, 1.165) is 5.56 Å². The van der Waals surface area contributed by atoms with Gasteiger partial charge in [0.2, 0.25) is 11.8 Å². The van der Waals surface area contributed by atoms with Crippen molar-refractivity contribution in [1.82, 2.24) is 25.0 Å². The summed E-state index contributed by atoms with van der Waals surface area (Å²) in [6.07, 6.45) is -0.258. The molecule has 0 unspecified atom stereocenters. The second-order valence-corrected chi connectivity index (χ2v) is 7.19. The molecule has 2 heterocycles. The third kappa shape index (κ3) is 5.50. The van der Waals surface area contributed by atoms with Crippen molar-refractivity contribution in [2.24, 2.45) is 14.1 Å². The van der Waals surface area contributed by atoms with Crippen molar-refractivity contribution in [2.75, 3.05) is 11.9 Å². The number of carbonyl (C=O) groups excluding carboxylic acids is 3. The lowest BCUT2D eigenvalue weighted by molar-refractivity contribution is -0.130. The smallest absolute Gasteiger partial charge is 0.329 e. The second kappa shape index (κ2) is 9.77. The Balaban J connectivity index is 1.41. The number of ether oxygens (including phenoxy) is 1. The summed E-state index contributed by atoms with van der Waals surface area (Å²) in [5, 5.41) is 2.59. The van der Waals surface area contributed by atoms with Crippen LogP contribution in [0.3, 0.4) is 0 Å². The van der Waals surface area contributed by atoms with Gasteiger partial charge in [0.25, 0.3) is 5.91 Å². The number of hydrogen-bond donors (Lipinski definition) is 3. The molecule has 0 fully saturated rings. The van der Waals surface area contributed by atoms with Crippen LogP contribution >= 0.6 is 0 Å². The van der Waals surface area contributed by atoms with E-state index in [0.29, 0.717) is 16.9 Å². The number of benzene rings is 1. The van der Waals surface area contributed by atoms with Gasteiger partial charge in [0.1, 0.15) is 11.6 Å². The van der Waals surface area contributed by atoms with Gasteiger partial charge in [-0.1, -0.05) is 12.1 Å². The lowest BCUT2D eigenvalue weighted by atomic mass is 10.2. The zero-order valence-corrected chi connectivity index (χ0v) is 18.0. The number of nitrogens with one attached hydrogen (secondary N) is 3. The van der Waals surface area contributed by atoms with E-state index >= 15 is 0 Å². The van der Waals surface area contributed by atoms with Gasteiger partial charge < -0.3 is 10.1 Å². The minimum Gasteiger partial charge on any atom is -0.484 e. The van der Waals surface area contributed by atoms with Crippen LogP contribution in [0.4, 0.5) is 5.82 Å². The minimum absolute atomic E-state index is 0.116. The fourth-order valence-electron chi connectivity index (χ4n) is 2.96. The van der Waals surface area contributed by atoms with E-state index in [2.05, 4.69) is 21.2 Å². The van der Waals surface area contributed by atoms with Crippen LogP contribution in [-0.2, 0) is 28.5 Å². The van der Waals surface area contributed by atoms with Crippen LogP contribution in [0.15, 0.2) is 41.2 Å². The molecule has 32 heavy (non-hydrogen) atoms. The highest BCUT2D eigenvalue weighted by Gasteiger charge is 2.12. The summed E-state index contributed by atoms with van der Waals surface area (Å²) in [5.41, 5.74) is 6.31.